The number of amides is 1. The van der Waals surface area contributed by atoms with Crippen molar-refractivity contribution in [1.29, 1.82) is 0 Å². The van der Waals surface area contributed by atoms with E-state index >= 15 is 0 Å². The Morgan fingerprint density at radius 3 is 2.44 bits per heavy atom. The number of rotatable bonds is 12. The molecule has 0 aliphatic rings. The molecule has 2 atom stereocenters. The normalized spacial score (nSPS) is 13.4. The van der Waals surface area contributed by atoms with Crippen molar-refractivity contribution in [3.05, 3.63) is 81.8 Å². The number of nitrogens with zero attached hydrogens (tertiary/aromatic N) is 2. The molecule has 3 rings (SSSR count). The first-order chi connectivity index (χ1) is 17.2. The molecular formula is C26H30F3N3O3S. The summed E-state index contributed by atoms with van der Waals surface area (Å²) in [5.41, 5.74) is 2.20. The first kappa shape index (κ1) is 27.6. The van der Waals surface area contributed by atoms with Crippen LogP contribution in [0.5, 0.6) is 5.75 Å². The van der Waals surface area contributed by atoms with E-state index in [0.717, 1.165) is 17.5 Å². The summed E-state index contributed by atoms with van der Waals surface area (Å²) < 4.78 is 44.3. The maximum atomic E-state index is 13.0. The van der Waals surface area contributed by atoms with Gasteiger partial charge in [0.1, 0.15) is 11.9 Å². The summed E-state index contributed by atoms with van der Waals surface area (Å²) in [6.07, 6.45) is -4.93. The second-order valence-corrected chi connectivity index (χ2v) is 9.38. The molecule has 1 aromatic heterocycles. The van der Waals surface area contributed by atoms with E-state index in [1.54, 1.807) is 19.2 Å². The highest BCUT2D eigenvalue weighted by Crippen LogP contribution is 2.33. The highest BCUT2D eigenvalue weighted by Gasteiger charge is 2.35. The topological polar surface area (TPSA) is 74.7 Å². The smallest absolute Gasteiger partial charge is 0.443 e. The van der Waals surface area contributed by atoms with Crippen molar-refractivity contribution in [2.45, 2.75) is 31.5 Å². The highest BCUT2D eigenvalue weighted by molar-refractivity contribution is 7.09. The Bertz CT molecular complexity index is 1090. The van der Waals surface area contributed by atoms with Gasteiger partial charge in [0.2, 0.25) is 0 Å². The average molecular weight is 522 g/mol. The van der Waals surface area contributed by atoms with Crippen LogP contribution >= 0.6 is 11.3 Å². The Hall–Kier alpha value is -2.95. The van der Waals surface area contributed by atoms with Crippen LogP contribution in [0.15, 0.2) is 60.0 Å². The minimum Gasteiger partial charge on any atom is -0.484 e. The number of likely N-dealkylation sites (N-methyl/N-ethyl adjacent to an activating group) is 1. The van der Waals surface area contributed by atoms with Gasteiger partial charge in [-0.1, -0.05) is 49.4 Å². The minimum absolute atomic E-state index is 0.0299. The summed E-state index contributed by atoms with van der Waals surface area (Å²) >= 11 is 0.490. The maximum absolute atomic E-state index is 13.0. The van der Waals surface area contributed by atoms with Gasteiger partial charge in [0.25, 0.3) is 5.91 Å². The molecule has 0 aliphatic heterocycles. The van der Waals surface area contributed by atoms with Crippen molar-refractivity contribution >= 4 is 17.2 Å². The number of carbonyl (C=O) groups is 1. The van der Waals surface area contributed by atoms with E-state index in [2.05, 4.69) is 10.3 Å². The molecule has 0 radical (unpaired) electrons. The standard InChI is InChI=1S/C26H30F3N3O3S/c1-18(20-8-10-21(11-9-20)35-16-24(34)30-2)14-32(13-12-19-6-4-3-5-7-19)15-23(33)22-17-36-25(31-22)26(27,28)29/h3-11,17-18,23,33H,12-16H2,1-2H3,(H,30,34). The van der Waals surface area contributed by atoms with E-state index in [9.17, 15) is 23.1 Å². The monoisotopic (exact) mass is 521 g/mol. The van der Waals surface area contributed by atoms with Crippen molar-refractivity contribution in [3.63, 3.8) is 0 Å². The number of aliphatic hydroxyl groups is 1. The number of hydrogen-bond acceptors (Lipinski definition) is 6. The SMILES string of the molecule is CNC(=O)COc1ccc(C(C)CN(CCc2ccccc2)CC(O)c2csc(C(F)(F)F)n2)cc1. The quantitative estimate of drug-likeness (QED) is 0.363. The van der Waals surface area contributed by atoms with Crippen LogP contribution in [0.2, 0.25) is 0 Å². The molecule has 0 saturated heterocycles. The third-order valence-corrected chi connectivity index (χ3v) is 6.63. The van der Waals surface area contributed by atoms with Crippen LogP contribution in [0.25, 0.3) is 0 Å². The molecular weight excluding hydrogens is 491 g/mol. The Morgan fingerprint density at radius 1 is 1.14 bits per heavy atom. The number of halogens is 3. The number of aromatic nitrogens is 1. The molecule has 0 bridgehead atoms. The van der Waals surface area contributed by atoms with Crippen molar-refractivity contribution < 1.29 is 27.8 Å². The molecule has 1 heterocycles. The lowest BCUT2D eigenvalue weighted by Gasteiger charge is -2.28. The van der Waals surface area contributed by atoms with Crippen LogP contribution < -0.4 is 10.1 Å². The Labute approximate surface area is 212 Å². The molecule has 10 heteroatoms. The summed E-state index contributed by atoms with van der Waals surface area (Å²) in [6, 6.07) is 17.3. The Kier molecular flexibility index (Phi) is 9.86. The van der Waals surface area contributed by atoms with Gasteiger partial charge in [0.05, 0.1) is 5.69 Å². The Balaban J connectivity index is 1.67. The van der Waals surface area contributed by atoms with E-state index in [-0.39, 0.29) is 30.7 Å². The number of thiazole rings is 1. The molecule has 194 valence electrons. The van der Waals surface area contributed by atoms with E-state index in [1.807, 2.05) is 54.3 Å². The molecule has 2 unspecified atom stereocenters. The van der Waals surface area contributed by atoms with Gasteiger partial charge in [0.15, 0.2) is 11.6 Å². The summed E-state index contributed by atoms with van der Waals surface area (Å²) in [5.74, 6) is 0.430. The first-order valence-electron chi connectivity index (χ1n) is 11.6. The number of ether oxygens (including phenoxy) is 1. The van der Waals surface area contributed by atoms with Gasteiger partial charge >= 0.3 is 6.18 Å². The Morgan fingerprint density at radius 2 is 1.83 bits per heavy atom. The highest BCUT2D eigenvalue weighted by atomic mass is 32.1. The summed E-state index contributed by atoms with van der Waals surface area (Å²) in [6.45, 7) is 3.34. The number of alkyl halides is 3. The van der Waals surface area contributed by atoms with Crippen LogP contribution in [0.1, 0.15) is 40.8 Å². The number of carbonyl (C=O) groups excluding carboxylic acids is 1. The molecule has 2 N–H and O–H groups in total. The first-order valence-corrected chi connectivity index (χ1v) is 12.4. The fraction of sp³-hybridized carbons (Fsp3) is 0.385. The molecule has 0 fully saturated rings. The molecule has 1 amide bonds. The molecule has 3 aromatic rings. The molecule has 0 spiro atoms. The molecule has 6 nitrogen and oxygen atoms in total. The lowest BCUT2D eigenvalue weighted by Crippen LogP contribution is -2.34. The van der Waals surface area contributed by atoms with Crippen molar-refractivity contribution in [2.75, 3.05) is 33.3 Å². The van der Waals surface area contributed by atoms with Crippen LogP contribution in [0.4, 0.5) is 13.2 Å². The van der Waals surface area contributed by atoms with E-state index in [0.29, 0.717) is 30.2 Å². The largest absolute Gasteiger partial charge is 0.484 e. The second kappa shape index (κ2) is 12.8. The zero-order chi connectivity index (χ0) is 26.1. The summed E-state index contributed by atoms with van der Waals surface area (Å²) in [5, 5.41) is 13.5. The van der Waals surface area contributed by atoms with Gasteiger partial charge in [-0.2, -0.15) is 13.2 Å². The van der Waals surface area contributed by atoms with Crippen molar-refractivity contribution in [1.82, 2.24) is 15.2 Å². The second-order valence-electron chi connectivity index (χ2n) is 8.52. The molecule has 0 aliphatic carbocycles. The third kappa shape index (κ3) is 8.32. The fourth-order valence-corrected chi connectivity index (χ4v) is 4.44. The molecule has 0 saturated carbocycles. The molecule has 36 heavy (non-hydrogen) atoms. The third-order valence-electron chi connectivity index (χ3n) is 5.73. The predicted molar refractivity (Wildman–Crippen MR) is 133 cm³/mol. The van der Waals surface area contributed by atoms with Crippen LogP contribution in [0, 0.1) is 0 Å². The zero-order valence-electron chi connectivity index (χ0n) is 20.2. The number of benzene rings is 2. The van der Waals surface area contributed by atoms with Gasteiger partial charge in [-0.05, 0) is 35.6 Å². The predicted octanol–water partition coefficient (Wildman–Crippen LogP) is 4.67. The van der Waals surface area contributed by atoms with Gasteiger partial charge in [-0.15, -0.1) is 11.3 Å². The number of hydrogen-bond donors (Lipinski definition) is 2. The van der Waals surface area contributed by atoms with Crippen LogP contribution in [-0.2, 0) is 17.4 Å². The average Bonchev–Trinajstić information content (AvgIpc) is 3.38. The van der Waals surface area contributed by atoms with E-state index in [1.165, 1.54) is 5.38 Å². The van der Waals surface area contributed by atoms with Crippen LogP contribution in [0.3, 0.4) is 0 Å². The van der Waals surface area contributed by atoms with E-state index < -0.39 is 17.3 Å². The zero-order valence-corrected chi connectivity index (χ0v) is 21.0. The van der Waals surface area contributed by atoms with Gasteiger partial charge in [-0.3, -0.25) is 9.69 Å². The lowest BCUT2D eigenvalue weighted by atomic mass is 10.00. The lowest BCUT2D eigenvalue weighted by molar-refractivity contribution is -0.137. The van der Waals surface area contributed by atoms with Crippen LogP contribution in [-0.4, -0.2) is 54.2 Å². The number of nitrogens with one attached hydrogen (secondary N) is 1. The van der Waals surface area contributed by atoms with E-state index in [4.69, 9.17) is 4.74 Å². The fourth-order valence-electron chi connectivity index (χ4n) is 3.70. The van der Waals surface area contributed by atoms with Gasteiger partial charge < -0.3 is 15.2 Å². The minimum atomic E-state index is -4.53. The maximum Gasteiger partial charge on any atom is 0.443 e. The molecule has 2 aromatic carbocycles. The van der Waals surface area contributed by atoms with Gasteiger partial charge in [-0.25, -0.2) is 4.98 Å². The number of aliphatic hydroxyl groups excluding tert-OH is 1. The summed E-state index contributed by atoms with van der Waals surface area (Å²) in [4.78, 5) is 17.0. The van der Waals surface area contributed by atoms with Crippen molar-refractivity contribution in [2.24, 2.45) is 0 Å². The van der Waals surface area contributed by atoms with Crippen molar-refractivity contribution in [3.8, 4) is 5.75 Å². The van der Waals surface area contributed by atoms with Gasteiger partial charge in [0, 0.05) is 32.1 Å². The summed E-state index contributed by atoms with van der Waals surface area (Å²) in [7, 11) is 1.54.